The van der Waals surface area contributed by atoms with Crippen molar-refractivity contribution >= 4 is 45.2 Å². The first kappa shape index (κ1) is 23.3. The largest absolute Gasteiger partial charge is 0.388 e. The van der Waals surface area contributed by atoms with Gasteiger partial charge >= 0.3 is 0 Å². The third-order valence-electron chi connectivity index (χ3n) is 3.71. The minimum absolute atomic E-state index is 0.354. The molecule has 0 radical (unpaired) electrons. The summed E-state index contributed by atoms with van der Waals surface area (Å²) in [7, 11) is 0. The number of hydrogen-bond acceptors (Lipinski definition) is 1. The van der Waals surface area contributed by atoms with Crippen LogP contribution in [0.2, 0.25) is 0 Å². The quantitative estimate of drug-likeness (QED) is 0.253. The van der Waals surface area contributed by atoms with Gasteiger partial charge < -0.3 is 5.11 Å². The minimum atomic E-state index is -0.854. The molecule has 2 unspecified atom stereocenters. The average molecular weight is 578 g/mol. The van der Waals surface area contributed by atoms with Gasteiger partial charge in [0.1, 0.15) is 6.17 Å². The van der Waals surface area contributed by atoms with Gasteiger partial charge in [-0.3, -0.25) is 0 Å². The van der Waals surface area contributed by atoms with E-state index in [1.54, 1.807) is 6.08 Å². The van der Waals surface area contributed by atoms with E-state index in [1.165, 1.54) is 0 Å². The maximum absolute atomic E-state index is 13.5. The van der Waals surface area contributed by atoms with Gasteiger partial charge in [-0.05, 0) is 106 Å². The Bertz CT molecular complexity index is 628. The highest BCUT2D eigenvalue weighted by Gasteiger charge is 2.08. The Morgan fingerprint density at radius 1 is 0.885 bits per heavy atom. The van der Waals surface area contributed by atoms with Crippen LogP contribution in [0, 0.1) is 7.14 Å². The lowest BCUT2D eigenvalue weighted by Gasteiger charge is -2.09. The second kappa shape index (κ2) is 13.4. The normalized spacial score (nSPS) is 12.5. The van der Waals surface area contributed by atoms with Crippen LogP contribution in [0.15, 0.2) is 73.8 Å². The monoisotopic (exact) mass is 578 g/mol. The van der Waals surface area contributed by atoms with Gasteiger partial charge in [-0.15, -0.1) is 13.2 Å². The second-order valence-corrected chi connectivity index (χ2v) is 8.32. The second-order valence-electron chi connectivity index (χ2n) is 5.83. The topological polar surface area (TPSA) is 20.2 Å². The molecule has 0 aliphatic carbocycles. The van der Waals surface area contributed by atoms with Gasteiger partial charge in [-0.25, -0.2) is 4.39 Å². The molecule has 2 aromatic rings. The fourth-order valence-electron chi connectivity index (χ4n) is 2.29. The van der Waals surface area contributed by atoms with E-state index in [0.717, 1.165) is 37.5 Å². The Hall–Kier alpha value is -0.730. The third-order valence-corrected chi connectivity index (χ3v) is 5.05. The van der Waals surface area contributed by atoms with Gasteiger partial charge in [-0.2, -0.15) is 0 Å². The van der Waals surface area contributed by atoms with Crippen molar-refractivity contribution in [1.82, 2.24) is 0 Å². The lowest BCUT2D eigenvalue weighted by Crippen LogP contribution is -1.96. The van der Waals surface area contributed by atoms with Gasteiger partial charge in [0, 0.05) is 7.14 Å². The van der Waals surface area contributed by atoms with Crippen LogP contribution in [-0.2, 0) is 0 Å². The van der Waals surface area contributed by atoms with Crippen LogP contribution >= 0.6 is 45.2 Å². The molecule has 0 saturated carbocycles. The summed E-state index contributed by atoms with van der Waals surface area (Å²) in [6.07, 6.45) is 5.24. The Morgan fingerprint density at radius 2 is 1.38 bits per heavy atom. The standard InChI is InChI=1S/C11H12FI.C11H13IO/c1-2-3-7-11(12)9-5-4-6-10(13)8-9;1-2-3-7-11(13)9-5-4-6-10(12)8-9/h2,4-6,8,11H,1,3,7H2;2,4-6,8,11,13H,1,3,7H2. The molecule has 0 fully saturated rings. The molecular formula is C22H25FI2O. The van der Waals surface area contributed by atoms with E-state index < -0.39 is 6.17 Å². The van der Waals surface area contributed by atoms with Gasteiger partial charge in [-0.1, -0.05) is 36.4 Å². The van der Waals surface area contributed by atoms with Gasteiger partial charge in [0.25, 0.3) is 0 Å². The Morgan fingerprint density at radius 3 is 1.92 bits per heavy atom. The number of benzene rings is 2. The van der Waals surface area contributed by atoms with E-state index in [-0.39, 0.29) is 6.10 Å². The average Bonchev–Trinajstić information content (AvgIpc) is 2.64. The van der Waals surface area contributed by atoms with Crippen LogP contribution in [0.1, 0.15) is 49.1 Å². The number of aliphatic hydroxyl groups excluding tert-OH is 1. The molecule has 0 aliphatic heterocycles. The molecule has 4 heteroatoms. The summed E-state index contributed by atoms with van der Waals surface area (Å²) < 4.78 is 15.7. The van der Waals surface area contributed by atoms with Crippen LogP contribution in [0.25, 0.3) is 0 Å². The maximum atomic E-state index is 13.5. The zero-order valence-electron chi connectivity index (χ0n) is 14.8. The molecule has 0 aromatic heterocycles. The van der Waals surface area contributed by atoms with E-state index in [9.17, 15) is 9.50 Å². The van der Waals surface area contributed by atoms with E-state index in [2.05, 4.69) is 58.3 Å². The highest BCUT2D eigenvalue weighted by Crippen LogP contribution is 2.24. The summed E-state index contributed by atoms with van der Waals surface area (Å²) in [4.78, 5) is 0. The van der Waals surface area contributed by atoms with Crippen LogP contribution in [0.5, 0.6) is 0 Å². The van der Waals surface area contributed by atoms with Gasteiger partial charge in [0.15, 0.2) is 0 Å². The maximum Gasteiger partial charge on any atom is 0.125 e. The molecule has 1 N–H and O–H groups in total. The van der Waals surface area contributed by atoms with E-state index >= 15 is 0 Å². The molecule has 2 rings (SSSR count). The van der Waals surface area contributed by atoms with Crippen molar-refractivity contribution in [1.29, 1.82) is 0 Å². The fraction of sp³-hybridized carbons (Fsp3) is 0.273. The predicted octanol–water partition coefficient (Wildman–Crippen LogP) is 7.56. The summed E-state index contributed by atoms with van der Waals surface area (Å²) in [6, 6.07) is 15.5. The molecule has 0 saturated heterocycles. The van der Waals surface area contributed by atoms with Crippen molar-refractivity contribution in [3.8, 4) is 0 Å². The Balaban J connectivity index is 0.000000260. The lowest BCUT2D eigenvalue weighted by atomic mass is 10.1. The van der Waals surface area contributed by atoms with Gasteiger partial charge in [0.2, 0.25) is 0 Å². The molecule has 140 valence electrons. The fourth-order valence-corrected chi connectivity index (χ4v) is 3.42. The van der Waals surface area contributed by atoms with Crippen molar-refractivity contribution in [2.45, 2.75) is 38.0 Å². The molecule has 0 amide bonds. The summed E-state index contributed by atoms with van der Waals surface area (Å²) in [5, 5.41) is 9.72. The SMILES string of the molecule is C=CCCC(F)c1cccc(I)c1.C=CCCC(O)c1cccc(I)c1. The molecule has 0 spiro atoms. The molecule has 2 aromatic carbocycles. The Kier molecular flexibility index (Phi) is 12.0. The highest BCUT2D eigenvalue weighted by atomic mass is 127. The smallest absolute Gasteiger partial charge is 0.125 e. The van der Waals surface area contributed by atoms with Crippen molar-refractivity contribution in [2.24, 2.45) is 0 Å². The molecule has 0 heterocycles. The summed E-state index contributed by atoms with van der Waals surface area (Å²) in [5.74, 6) is 0. The lowest BCUT2D eigenvalue weighted by molar-refractivity contribution is 0.168. The zero-order valence-corrected chi connectivity index (χ0v) is 19.1. The minimum Gasteiger partial charge on any atom is -0.388 e. The first-order valence-corrected chi connectivity index (χ1v) is 10.7. The van der Waals surface area contributed by atoms with Crippen LogP contribution in [0.4, 0.5) is 4.39 Å². The molecule has 0 aliphatic rings. The van der Waals surface area contributed by atoms with Crippen LogP contribution < -0.4 is 0 Å². The van der Waals surface area contributed by atoms with Crippen LogP contribution in [0.3, 0.4) is 0 Å². The molecular weight excluding hydrogens is 553 g/mol. The molecule has 26 heavy (non-hydrogen) atoms. The number of hydrogen-bond donors (Lipinski definition) is 1. The number of aliphatic hydroxyl groups is 1. The predicted molar refractivity (Wildman–Crippen MR) is 126 cm³/mol. The van der Waals surface area contributed by atoms with Crippen molar-refractivity contribution in [2.75, 3.05) is 0 Å². The van der Waals surface area contributed by atoms with Crippen molar-refractivity contribution in [3.05, 3.63) is 92.1 Å². The first-order valence-electron chi connectivity index (χ1n) is 8.52. The molecule has 0 bridgehead atoms. The molecule has 2 atom stereocenters. The highest BCUT2D eigenvalue weighted by molar-refractivity contribution is 14.1. The zero-order chi connectivity index (χ0) is 19.4. The Labute approximate surface area is 183 Å². The summed E-state index contributed by atoms with van der Waals surface area (Å²) in [5.41, 5.74) is 1.77. The van der Waals surface area contributed by atoms with Crippen molar-refractivity contribution in [3.63, 3.8) is 0 Å². The summed E-state index contributed by atoms with van der Waals surface area (Å²) in [6.45, 7) is 7.21. The first-order chi connectivity index (χ1) is 12.5. The third kappa shape index (κ3) is 9.28. The number of halogens is 3. The van der Waals surface area contributed by atoms with Gasteiger partial charge in [0.05, 0.1) is 6.10 Å². The molecule has 1 nitrogen and oxygen atoms in total. The van der Waals surface area contributed by atoms with Crippen LogP contribution in [-0.4, -0.2) is 5.11 Å². The summed E-state index contributed by atoms with van der Waals surface area (Å²) >= 11 is 4.43. The number of alkyl halides is 1. The van der Waals surface area contributed by atoms with Crippen molar-refractivity contribution < 1.29 is 9.50 Å². The van der Waals surface area contributed by atoms with E-state index in [4.69, 9.17) is 0 Å². The van der Waals surface area contributed by atoms with E-state index in [1.807, 2.05) is 54.6 Å². The van der Waals surface area contributed by atoms with E-state index in [0.29, 0.717) is 6.42 Å². The number of allylic oxidation sites excluding steroid dienone is 2. The number of rotatable bonds is 8.